The van der Waals surface area contributed by atoms with Crippen molar-refractivity contribution in [1.82, 2.24) is 5.06 Å². The van der Waals surface area contributed by atoms with E-state index in [9.17, 15) is 19.5 Å². The minimum Gasteiger partial charge on any atom is -0.497 e. The summed E-state index contributed by atoms with van der Waals surface area (Å²) in [5.74, 6) is 0.579. The molecule has 1 aliphatic rings. The van der Waals surface area contributed by atoms with Crippen LogP contribution in [0.2, 0.25) is 0 Å². The monoisotopic (exact) mass is 589 g/mol. The minimum atomic E-state index is -1.47. The van der Waals surface area contributed by atoms with Crippen molar-refractivity contribution in [1.29, 1.82) is 0 Å². The van der Waals surface area contributed by atoms with Crippen molar-refractivity contribution in [2.24, 2.45) is 0 Å². The summed E-state index contributed by atoms with van der Waals surface area (Å²) < 4.78 is 16.9. The summed E-state index contributed by atoms with van der Waals surface area (Å²) in [5.41, 5.74) is 1.52. The van der Waals surface area contributed by atoms with Gasteiger partial charge in [0, 0.05) is 19.3 Å². The van der Waals surface area contributed by atoms with Gasteiger partial charge in [-0.25, -0.2) is 4.79 Å². The number of hydrogen-bond donors (Lipinski definition) is 1. The molecule has 1 heterocycles. The number of methoxy groups -OCH3 is 1. The van der Waals surface area contributed by atoms with Gasteiger partial charge in [0.05, 0.1) is 20.3 Å². The van der Waals surface area contributed by atoms with Gasteiger partial charge in [-0.3, -0.25) is 9.59 Å². The standard InChI is InChI=1S/C34H39NO8/c1-4-41-29-18-13-26(14-19-29)34(39,25-11-16-28(40-3)17-12-25)27-15-20-30(42-5-2)24(23-27)9-7-6-8-10-33(38)43-35-31(36)21-22-32(35)37/h11-20,23,39H,4-10,21-22H2,1-3H3. The van der Waals surface area contributed by atoms with E-state index in [2.05, 4.69) is 0 Å². The molecule has 1 atom stereocenters. The summed E-state index contributed by atoms with van der Waals surface area (Å²) >= 11 is 0. The van der Waals surface area contributed by atoms with Crippen LogP contribution in [0.15, 0.2) is 66.7 Å². The first-order valence-electron chi connectivity index (χ1n) is 14.7. The molecular formula is C34H39NO8. The van der Waals surface area contributed by atoms with Gasteiger partial charge in [-0.05, 0) is 91.8 Å². The largest absolute Gasteiger partial charge is 0.497 e. The first-order valence-corrected chi connectivity index (χ1v) is 14.7. The highest BCUT2D eigenvalue weighted by Crippen LogP contribution is 2.40. The number of carbonyl (C=O) groups is 3. The third-order valence-corrected chi connectivity index (χ3v) is 7.39. The Balaban J connectivity index is 1.52. The highest BCUT2D eigenvalue weighted by molar-refractivity contribution is 6.01. The molecule has 0 spiro atoms. The van der Waals surface area contributed by atoms with Gasteiger partial charge in [0.2, 0.25) is 0 Å². The number of amides is 2. The van der Waals surface area contributed by atoms with E-state index >= 15 is 0 Å². The van der Waals surface area contributed by atoms with Crippen molar-refractivity contribution in [3.63, 3.8) is 0 Å². The predicted molar refractivity (Wildman–Crippen MR) is 160 cm³/mol. The van der Waals surface area contributed by atoms with Gasteiger partial charge in [0.25, 0.3) is 11.8 Å². The second-order valence-electron chi connectivity index (χ2n) is 10.3. The third kappa shape index (κ3) is 7.53. The lowest BCUT2D eigenvalue weighted by Gasteiger charge is -2.31. The van der Waals surface area contributed by atoms with Crippen LogP contribution < -0.4 is 14.2 Å². The van der Waals surface area contributed by atoms with Crippen LogP contribution >= 0.6 is 0 Å². The van der Waals surface area contributed by atoms with E-state index < -0.39 is 23.4 Å². The van der Waals surface area contributed by atoms with Crippen molar-refractivity contribution >= 4 is 17.8 Å². The first kappa shape index (κ1) is 31.6. The number of hydroxylamine groups is 2. The Morgan fingerprint density at radius 1 is 0.791 bits per heavy atom. The number of imide groups is 1. The summed E-state index contributed by atoms with van der Waals surface area (Å²) in [5, 5.41) is 13.0. The van der Waals surface area contributed by atoms with Crippen molar-refractivity contribution in [3.8, 4) is 17.2 Å². The smallest absolute Gasteiger partial charge is 0.333 e. The van der Waals surface area contributed by atoms with Gasteiger partial charge in [-0.2, -0.15) is 0 Å². The fraction of sp³-hybridized carbons (Fsp3) is 0.382. The van der Waals surface area contributed by atoms with Crippen molar-refractivity contribution in [3.05, 3.63) is 89.0 Å². The lowest BCUT2D eigenvalue weighted by molar-refractivity contribution is -0.197. The molecule has 3 aromatic carbocycles. The van der Waals surface area contributed by atoms with Crippen LogP contribution in [-0.2, 0) is 31.2 Å². The number of benzene rings is 3. The van der Waals surface area contributed by atoms with Gasteiger partial charge >= 0.3 is 5.97 Å². The molecule has 0 saturated carbocycles. The molecule has 1 N–H and O–H groups in total. The molecule has 9 nitrogen and oxygen atoms in total. The lowest BCUT2D eigenvalue weighted by atomic mass is 9.79. The molecule has 0 aromatic heterocycles. The lowest BCUT2D eigenvalue weighted by Crippen LogP contribution is -2.31. The Kier molecular flexibility index (Phi) is 10.8. The number of aryl methyl sites for hydroxylation is 1. The molecule has 0 aliphatic carbocycles. The van der Waals surface area contributed by atoms with E-state index in [4.69, 9.17) is 19.0 Å². The Morgan fingerprint density at radius 2 is 1.37 bits per heavy atom. The molecule has 1 aliphatic heterocycles. The topological polar surface area (TPSA) is 112 Å². The summed E-state index contributed by atoms with van der Waals surface area (Å²) in [6.07, 6.45) is 2.91. The second-order valence-corrected chi connectivity index (χ2v) is 10.3. The summed E-state index contributed by atoms with van der Waals surface area (Å²) in [6, 6.07) is 20.5. The van der Waals surface area contributed by atoms with Gasteiger partial charge in [0.15, 0.2) is 0 Å². The van der Waals surface area contributed by atoms with E-state index in [1.807, 2.05) is 80.6 Å². The van der Waals surface area contributed by atoms with Crippen LogP contribution in [0.3, 0.4) is 0 Å². The molecule has 228 valence electrons. The zero-order valence-electron chi connectivity index (χ0n) is 25.0. The number of ether oxygens (including phenoxy) is 3. The van der Waals surface area contributed by atoms with Crippen LogP contribution in [0.1, 0.15) is 74.6 Å². The molecule has 0 radical (unpaired) electrons. The maximum Gasteiger partial charge on any atom is 0.333 e. The van der Waals surface area contributed by atoms with Gasteiger partial charge in [0.1, 0.15) is 22.8 Å². The van der Waals surface area contributed by atoms with Crippen molar-refractivity contribution < 1.29 is 38.5 Å². The number of aliphatic hydroxyl groups is 1. The second kappa shape index (κ2) is 14.7. The molecule has 1 unspecified atom stereocenters. The van der Waals surface area contributed by atoms with Gasteiger partial charge in [-0.1, -0.05) is 36.8 Å². The fourth-order valence-electron chi connectivity index (χ4n) is 5.15. The van der Waals surface area contributed by atoms with Crippen LogP contribution in [0.5, 0.6) is 17.2 Å². The third-order valence-electron chi connectivity index (χ3n) is 7.39. The van der Waals surface area contributed by atoms with E-state index in [0.717, 1.165) is 23.5 Å². The zero-order valence-corrected chi connectivity index (χ0v) is 25.0. The van der Waals surface area contributed by atoms with Gasteiger partial charge < -0.3 is 24.2 Å². The van der Waals surface area contributed by atoms with Crippen LogP contribution in [0.4, 0.5) is 0 Å². The van der Waals surface area contributed by atoms with E-state index in [0.29, 0.717) is 60.0 Å². The number of nitrogens with zero attached hydrogens (tertiary/aromatic N) is 1. The molecule has 43 heavy (non-hydrogen) atoms. The summed E-state index contributed by atoms with van der Waals surface area (Å²) in [7, 11) is 1.60. The van der Waals surface area contributed by atoms with Crippen molar-refractivity contribution in [2.45, 2.75) is 64.4 Å². The van der Waals surface area contributed by atoms with E-state index in [1.54, 1.807) is 7.11 Å². The van der Waals surface area contributed by atoms with E-state index in [-0.39, 0.29) is 19.3 Å². The Bertz CT molecular complexity index is 1390. The zero-order chi connectivity index (χ0) is 30.8. The van der Waals surface area contributed by atoms with E-state index in [1.165, 1.54) is 0 Å². The first-order chi connectivity index (χ1) is 20.8. The fourth-order valence-corrected chi connectivity index (χ4v) is 5.15. The predicted octanol–water partition coefficient (Wildman–Crippen LogP) is 5.49. The molecule has 4 rings (SSSR count). The SMILES string of the molecule is CCOc1ccc(C(O)(c2ccc(OC)cc2)c2ccc(OCC)c(CCCCCC(=O)ON3C(=O)CCC3=O)c2)cc1. The Hall–Kier alpha value is -4.37. The normalized spacial score (nSPS) is 14.4. The maximum absolute atomic E-state index is 12.5. The summed E-state index contributed by atoms with van der Waals surface area (Å²) in [6.45, 7) is 4.89. The van der Waals surface area contributed by atoms with Gasteiger partial charge in [-0.15, -0.1) is 5.06 Å². The Morgan fingerprint density at radius 3 is 1.95 bits per heavy atom. The molecule has 0 bridgehead atoms. The average Bonchev–Trinajstić information content (AvgIpc) is 3.34. The molecule has 2 amide bonds. The number of hydrogen-bond acceptors (Lipinski definition) is 8. The molecule has 1 fully saturated rings. The number of rotatable bonds is 15. The quantitative estimate of drug-likeness (QED) is 0.141. The molecule has 3 aromatic rings. The number of carbonyl (C=O) groups excluding carboxylic acids is 3. The molecular weight excluding hydrogens is 550 g/mol. The average molecular weight is 590 g/mol. The highest BCUT2D eigenvalue weighted by Gasteiger charge is 2.35. The molecule has 9 heteroatoms. The maximum atomic E-state index is 12.5. The van der Waals surface area contributed by atoms with Crippen LogP contribution in [-0.4, -0.2) is 48.3 Å². The molecule has 1 saturated heterocycles. The summed E-state index contributed by atoms with van der Waals surface area (Å²) in [4.78, 5) is 40.5. The number of unbranched alkanes of at least 4 members (excludes halogenated alkanes) is 2. The Labute approximate surface area is 252 Å². The minimum absolute atomic E-state index is 0.0690. The van der Waals surface area contributed by atoms with Crippen LogP contribution in [0, 0.1) is 0 Å². The van der Waals surface area contributed by atoms with Crippen LogP contribution in [0.25, 0.3) is 0 Å². The van der Waals surface area contributed by atoms with Crippen molar-refractivity contribution in [2.75, 3.05) is 20.3 Å². The highest BCUT2D eigenvalue weighted by atomic mass is 16.7.